The number of nitrogens with zero attached hydrogens (tertiary/aromatic N) is 2. The number of likely N-dealkylation sites (tertiary alicyclic amines) is 1. The Bertz CT molecular complexity index is 453. The number of pyridine rings is 1. The molecule has 0 radical (unpaired) electrons. The van der Waals surface area contributed by atoms with Crippen LogP contribution in [0.5, 0.6) is 5.88 Å². The highest BCUT2D eigenvalue weighted by Crippen LogP contribution is 2.08. The molecule has 0 aliphatic carbocycles. The van der Waals surface area contributed by atoms with Crippen LogP contribution in [-0.4, -0.2) is 48.4 Å². The van der Waals surface area contributed by atoms with Crippen molar-refractivity contribution in [1.82, 2.24) is 15.2 Å². The molecule has 102 valence electrons. The van der Waals surface area contributed by atoms with Gasteiger partial charge in [0.15, 0.2) is 0 Å². The Kier molecular flexibility index (Phi) is 4.33. The van der Waals surface area contributed by atoms with Crippen LogP contribution in [-0.2, 0) is 4.79 Å². The molecule has 1 aromatic heterocycles. The van der Waals surface area contributed by atoms with Crippen LogP contribution in [0.25, 0.3) is 0 Å². The third kappa shape index (κ3) is 3.43. The smallest absolute Gasteiger partial charge is 0.253 e. The van der Waals surface area contributed by atoms with Gasteiger partial charge >= 0.3 is 0 Å². The molecule has 1 aliphatic rings. The Hall–Kier alpha value is -2.11. The molecule has 19 heavy (non-hydrogen) atoms. The van der Waals surface area contributed by atoms with Crippen LogP contribution >= 0.6 is 0 Å². The molecule has 0 atom stereocenters. The van der Waals surface area contributed by atoms with Gasteiger partial charge in [0.05, 0.1) is 19.2 Å². The quantitative estimate of drug-likeness (QED) is 0.855. The van der Waals surface area contributed by atoms with E-state index in [-0.39, 0.29) is 18.4 Å². The minimum Gasteiger partial charge on any atom is -0.481 e. The van der Waals surface area contributed by atoms with E-state index in [0.29, 0.717) is 11.4 Å². The lowest BCUT2D eigenvalue weighted by atomic mass is 10.2. The predicted octanol–water partition coefficient (Wildman–Crippen LogP) is 0.442. The number of ether oxygens (including phenoxy) is 1. The maximum absolute atomic E-state index is 11.8. The van der Waals surface area contributed by atoms with Gasteiger partial charge in [-0.3, -0.25) is 9.59 Å². The Morgan fingerprint density at radius 3 is 2.68 bits per heavy atom. The minimum atomic E-state index is -0.303. The zero-order valence-corrected chi connectivity index (χ0v) is 10.9. The first-order valence-electron chi connectivity index (χ1n) is 6.26. The first-order valence-corrected chi connectivity index (χ1v) is 6.26. The third-order valence-corrected chi connectivity index (χ3v) is 3.07. The van der Waals surface area contributed by atoms with E-state index in [0.717, 1.165) is 25.9 Å². The zero-order valence-electron chi connectivity index (χ0n) is 10.9. The van der Waals surface area contributed by atoms with Crippen LogP contribution in [0.1, 0.15) is 23.2 Å². The van der Waals surface area contributed by atoms with E-state index in [9.17, 15) is 9.59 Å². The van der Waals surface area contributed by atoms with Crippen molar-refractivity contribution in [2.45, 2.75) is 12.8 Å². The van der Waals surface area contributed by atoms with Gasteiger partial charge < -0.3 is 15.0 Å². The summed E-state index contributed by atoms with van der Waals surface area (Å²) in [7, 11) is 1.51. The summed E-state index contributed by atoms with van der Waals surface area (Å²) in [4.78, 5) is 29.3. The molecule has 2 amide bonds. The van der Waals surface area contributed by atoms with Gasteiger partial charge in [0.2, 0.25) is 11.8 Å². The Labute approximate surface area is 111 Å². The second-order valence-electron chi connectivity index (χ2n) is 4.36. The summed E-state index contributed by atoms with van der Waals surface area (Å²) in [6, 6.07) is 3.22. The second kappa shape index (κ2) is 6.17. The molecule has 6 nitrogen and oxygen atoms in total. The Morgan fingerprint density at radius 1 is 1.37 bits per heavy atom. The molecular formula is C13H17N3O3. The Balaban J connectivity index is 1.84. The molecule has 0 bridgehead atoms. The number of nitrogens with one attached hydrogen (secondary N) is 1. The van der Waals surface area contributed by atoms with Gasteiger partial charge in [-0.1, -0.05) is 0 Å². The fourth-order valence-electron chi connectivity index (χ4n) is 1.97. The van der Waals surface area contributed by atoms with Crippen molar-refractivity contribution in [3.8, 4) is 5.88 Å². The van der Waals surface area contributed by atoms with Crippen molar-refractivity contribution < 1.29 is 14.3 Å². The SMILES string of the molecule is COc1ccc(C(=O)NCC(=O)N2CCCC2)cn1. The van der Waals surface area contributed by atoms with Gasteiger partial charge in [-0.05, 0) is 18.9 Å². The standard InChI is InChI=1S/C13H17N3O3/c1-19-11-5-4-10(8-14-11)13(18)15-9-12(17)16-6-2-3-7-16/h4-5,8H,2-3,6-7,9H2,1H3,(H,15,18). The molecule has 1 fully saturated rings. The Morgan fingerprint density at radius 2 is 2.11 bits per heavy atom. The summed E-state index contributed by atoms with van der Waals surface area (Å²) in [5.41, 5.74) is 0.412. The fraction of sp³-hybridized carbons (Fsp3) is 0.462. The van der Waals surface area contributed by atoms with Crippen molar-refractivity contribution in [3.05, 3.63) is 23.9 Å². The van der Waals surface area contributed by atoms with E-state index in [4.69, 9.17) is 4.74 Å². The molecular weight excluding hydrogens is 246 g/mol. The van der Waals surface area contributed by atoms with E-state index >= 15 is 0 Å². The molecule has 1 aromatic rings. The maximum atomic E-state index is 11.8. The first kappa shape index (κ1) is 13.3. The number of aromatic nitrogens is 1. The summed E-state index contributed by atoms with van der Waals surface area (Å²) >= 11 is 0. The van der Waals surface area contributed by atoms with Crippen molar-refractivity contribution >= 4 is 11.8 Å². The predicted molar refractivity (Wildman–Crippen MR) is 68.9 cm³/mol. The van der Waals surface area contributed by atoms with Crippen LogP contribution in [0.15, 0.2) is 18.3 Å². The summed E-state index contributed by atoms with van der Waals surface area (Å²) in [6.45, 7) is 1.61. The number of hydrogen-bond acceptors (Lipinski definition) is 4. The number of hydrogen-bond donors (Lipinski definition) is 1. The summed E-state index contributed by atoms with van der Waals surface area (Å²) in [5.74, 6) is 0.111. The lowest BCUT2D eigenvalue weighted by molar-refractivity contribution is -0.129. The first-order chi connectivity index (χ1) is 9.20. The van der Waals surface area contributed by atoms with Crippen LogP contribution in [0.3, 0.4) is 0 Å². The summed E-state index contributed by atoms with van der Waals surface area (Å²) in [5, 5.41) is 2.60. The lowest BCUT2D eigenvalue weighted by Gasteiger charge is -2.15. The van der Waals surface area contributed by atoms with E-state index in [1.165, 1.54) is 13.3 Å². The topological polar surface area (TPSA) is 71.5 Å². The molecule has 0 aromatic carbocycles. The van der Waals surface area contributed by atoms with Crippen molar-refractivity contribution in [2.75, 3.05) is 26.7 Å². The van der Waals surface area contributed by atoms with E-state index in [2.05, 4.69) is 10.3 Å². The summed E-state index contributed by atoms with van der Waals surface area (Å²) in [6.07, 6.45) is 3.51. The van der Waals surface area contributed by atoms with Gasteiger partial charge in [0.1, 0.15) is 0 Å². The van der Waals surface area contributed by atoms with E-state index in [1.54, 1.807) is 17.0 Å². The van der Waals surface area contributed by atoms with Crippen LogP contribution in [0, 0.1) is 0 Å². The molecule has 0 spiro atoms. The minimum absolute atomic E-state index is 0.0326. The maximum Gasteiger partial charge on any atom is 0.253 e. The molecule has 0 saturated carbocycles. The molecule has 0 unspecified atom stereocenters. The number of carbonyl (C=O) groups is 2. The average molecular weight is 263 g/mol. The average Bonchev–Trinajstić information content (AvgIpc) is 2.98. The number of methoxy groups -OCH3 is 1. The molecule has 1 N–H and O–H groups in total. The molecule has 2 heterocycles. The molecule has 1 saturated heterocycles. The molecule has 1 aliphatic heterocycles. The monoisotopic (exact) mass is 263 g/mol. The molecule has 6 heteroatoms. The van der Waals surface area contributed by atoms with Crippen molar-refractivity contribution in [1.29, 1.82) is 0 Å². The largest absolute Gasteiger partial charge is 0.481 e. The number of carbonyl (C=O) groups excluding carboxylic acids is 2. The van der Waals surface area contributed by atoms with Crippen LogP contribution in [0.4, 0.5) is 0 Å². The van der Waals surface area contributed by atoms with Crippen LogP contribution < -0.4 is 10.1 Å². The van der Waals surface area contributed by atoms with E-state index in [1.807, 2.05) is 0 Å². The highest BCUT2D eigenvalue weighted by molar-refractivity contribution is 5.96. The molecule has 2 rings (SSSR count). The van der Waals surface area contributed by atoms with Gasteiger partial charge in [-0.25, -0.2) is 4.98 Å². The number of amides is 2. The zero-order chi connectivity index (χ0) is 13.7. The third-order valence-electron chi connectivity index (χ3n) is 3.07. The van der Waals surface area contributed by atoms with Gasteiger partial charge in [0.25, 0.3) is 5.91 Å². The van der Waals surface area contributed by atoms with E-state index < -0.39 is 0 Å². The summed E-state index contributed by atoms with van der Waals surface area (Å²) < 4.78 is 4.91. The van der Waals surface area contributed by atoms with Gasteiger partial charge in [0, 0.05) is 25.4 Å². The highest BCUT2D eigenvalue weighted by atomic mass is 16.5. The highest BCUT2D eigenvalue weighted by Gasteiger charge is 2.18. The van der Waals surface area contributed by atoms with Gasteiger partial charge in [-0.15, -0.1) is 0 Å². The van der Waals surface area contributed by atoms with Crippen molar-refractivity contribution in [2.24, 2.45) is 0 Å². The van der Waals surface area contributed by atoms with Gasteiger partial charge in [-0.2, -0.15) is 0 Å². The number of rotatable bonds is 4. The van der Waals surface area contributed by atoms with Crippen LogP contribution in [0.2, 0.25) is 0 Å². The normalized spacial score (nSPS) is 14.3. The lowest BCUT2D eigenvalue weighted by Crippen LogP contribution is -2.38. The van der Waals surface area contributed by atoms with Crippen molar-refractivity contribution in [3.63, 3.8) is 0 Å². The second-order valence-corrected chi connectivity index (χ2v) is 4.36. The fourth-order valence-corrected chi connectivity index (χ4v) is 1.97.